The molecule has 3 aromatic rings. The summed E-state index contributed by atoms with van der Waals surface area (Å²) < 4.78 is 34.2. The first-order chi connectivity index (χ1) is 18.5. The van der Waals surface area contributed by atoms with Gasteiger partial charge >= 0.3 is 5.97 Å². The normalized spacial score (nSPS) is 13.0. The molecule has 6 N–H and O–H groups in total. The molecule has 39 heavy (non-hydrogen) atoms. The van der Waals surface area contributed by atoms with Gasteiger partial charge in [0.1, 0.15) is 18.4 Å². The Balaban J connectivity index is 1.93. The molecule has 0 fully saturated rings. The molecule has 2 aromatic carbocycles. The number of H-pyrrole nitrogens is 1. The number of esters is 1. The van der Waals surface area contributed by atoms with Crippen molar-refractivity contribution in [1.29, 1.82) is 0 Å². The monoisotopic (exact) mass is 596 g/mol. The van der Waals surface area contributed by atoms with Crippen molar-refractivity contribution in [3.05, 3.63) is 76.3 Å². The Morgan fingerprint density at radius 1 is 1.15 bits per heavy atom. The van der Waals surface area contributed by atoms with E-state index in [1.165, 1.54) is 11.1 Å². The van der Waals surface area contributed by atoms with E-state index in [9.17, 15) is 18.0 Å². The summed E-state index contributed by atoms with van der Waals surface area (Å²) in [5.74, 6) is -0.795. The van der Waals surface area contributed by atoms with E-state index in [1.54, 1.807) is 37.4 Å². The summed E-state index contributed by atoms with van der Waals surface area (Å²) >= 11 is 12.1. The third kappa shape index (κ3) is 8.41. The van der Waals surface area contributed by atoms with Crippen molar-refractivity contribution in [3.63, 3.8) is 0 Å². The zero-order chi connectivity index (χ0) is 28.6. The zero-order valence-corrected chi connectivity index (χ0v) is 23.5. The number of amides is 1. The predicted molar refractivity (Wildman–Crippen MR) is 148 cm³/mol. The summed E-state index contributed by atoms with van der Waals surface area (Å²) in [7, 11) is -4.32. The largest absolute Gasteiger partial charge is 0.465 e. The van der Waals surface area contributed by atoms with Crippen molar-refractivity contribution >= 4 is 50.8 Å². The van der Waals surface area contributed by atoms with Crippen molar-refractivity contribution in [1.82, 2.24) is 19.6 Å². The fraction of sp³-hybridized carbons (Fsp3) is 0.320. The van der Waals surface area contributed by atoms with Gasteiger partial charge in [0.05, 0.1) is 33.3 Å². The smallest absolute Gasteiger partial charge is 0.325 e. The van der Waals surface area contributed by atoms with Gasteiger partial charge in [0.2, 0.25) is 15.9 Å². The lowest BCUT2D eigenvalue weighted by Crippen LogP contribution is -2.50. The highest BCUT2D eigenvalue weighted by Gasteiger charge is 2.32. The molecule has 0 aliphatic rings. The fourth-order valence-electron chi connectivity index (χ4n) is 3.77. The van der Waals surface area contributed by atoms with Crippen molar-refractivity contribution < 1.29 is 22.7 Å². The molecule has 0 spiro atoms. The van der Waals surface area contributed by atoms with Gasteiger partial charge in [0, 0.05) is 18.9 Å². The van der Waals surface area contributed by atoms with E-state index in [2.05, 4.69) is 14.7 Å². The molecule has 1 amide bonds. The van der Waals surface area contributed by atoms with Crippen LogP contribution in [0.25, 0.3) is 0 Å². The third-order valence-corrected chi connectivity index (χ3v) is 7.83. The number of aromatic amines is 1. The molecular weight excluding hydrogens is 567 g/mol. The fourth-order valence-corrected chi connectivity index (χ4v) is 5.66. The topological polar surface area (TPSA) is 174 Å². The van der Waals surface area contributed by atoms with Crippen molar-refractivity contribution in [2.24, 2.45) is 5.73 Å². The molecule has 1 heterocycles. The number of aromatic nitrogens is 2. The Kier molecular flexibility index (Phi) is 10.7. The maximum Gasteiger partial charge on any atom is 0.325 e. The molecule has 0 aliphatic carbocycles. The maximum absolute atomic E-state index is 13.8. The highest BCUT2D eigenvalue weighted by atomic mass is 35.5. The lowest BCUT2D eigenvalue weighted by Gasteiger charge is -2.28. The molecule has 2 atom stereocenters. The number of hydrogen-bond donors (Lipinski definition) is 4. The standard InChI is InChI=1S/C25H30Cl2N6O5S/c1-2-38-22(34)15-33(14-16-6-4-3-5-7-16)25(35)21(9-8-20(28)24-30-10-11-31-24)32-39(36,37)17-12-18(26)23(29)19(27)13-17/h3-7,10-13,20-21,32H,2,8-9,14-15,28-29H2,1H3,(H,30,31)/t20?,21-/m0/s1. The molecule has 0 radical (unpaired) electrons. The van der Waals surface area contributed by atoms with E-state index in [1.807, 2.05) is 6.07 Å². The molecule has 1 unspecified atom stereocenters. The van der Waals surface area contributed by atoms with Gasteiger partial charge in [-0.1, -0.05) is 53.5 Å². The van der Waals surface area contributed by atoms with E-state index in [-0.39, 0.29) is 53.2 Å². The molecule has 1 aromatic heterocycles. The lowest BCUT2D eigenvalue weighted by molar-refractivity contribution is -0.149. The maximum atomic E-state index is 13.8. The van der Waals surface area contributed by atoms with Gasteiger partial charge in [-0.25, -0.2) is 13.4 Å². The van der Waals surface area contributed by atoms with Crippen LogP contribution in [0, 0.1) is 0 Å². The number of imidazole rings is 1. The average Bonchev–Trinajstić information content (AvgIpc) is 3.44. The van der Waals surface area contributed by atoms with E-state index < -0.39 is 34.0 Å². The van der Waals surface area contributed by atoms with Gasteiger partial charge in [-0.2, -0.15) is 4.72 Å². The van der Waals surface area contributed by atoms with E-state index >= 15 is 0 Å². The summed E-state index contributed by atoms with van der Waals surface area (Å²) in [4.78, 5) is 34.2. The van der Waals surface area contributed by atoms with Gasteiger partial charge in [-0.3, -0.25) is 9.59 Å². The number of rotatable bonds is 13. The number of hydrogen-bond acceptors (Lipinski definition) is 8. The van der Waals surface area contributed by atoms with Crippen LogP contribution in [0.4, 0.5) is 5.69 Å². The number of sulfonamides is 1. The third-order valence-electron chi connectivity index (χ3n) is 5.75. The minimum absolute atomic E-state index is 0.00944. The molecule has 210 valence electrons. The number of carbonyl (C=O) groups is 2. The van der Waals surface area contributed by atoms with E-state index in [0.717, 1.165) is 17.7 Å². The lowest BCUT2D eigenvalue weighted by atomic mass is 10.1. The number of halogens is 2. The number of nitrogens with one attached hydrogen (secondary N) is 2. The molecule has 0 saturated carbocycles. The summed E-state index contributed by atoms with van der Waals surface area (Å²) in [5, 5.41) is -0.114. The second kappa shape index (κ2) is 13.8. The minimum atomic E-state index is -4.32. The Morgan fingerprint density at radius 3 is 2.41 bits per heavy atom. The van der Waals surface area contributed by atoms with Gasteiger partial charge in [-0.15, -0.1) is 0 Å². The molecule has 0 saturated heterocycles. The second-order valence-electron chi connectivity index (χ2n) is 8.62. The van der Waals surface area contributed by atoms with Crippen LogP contribution < -0.4 is 16.2 Å². The quantitative estimate of drug-likeness (QED) is 0.172. The molecular formula is C25H30Cl2N6O5S. The average molecular weight is 598 g/mol. The Labute approximate surface area is 236 Å². The summed E-state index contributed by atoms with van der Waals surface area (Å²) in [6.45, 7) is 1.43. The Hall–Kier alpha value is -3.16. The van der Waals surface area contributed by atoms with Crippen LogP contribution in [0.2, 0.25) is 10.0 Å². The van der Waals surface area contributed by atoms with Gasteiger partial charge in [0.15, 0.2) is 0 Å². The van der Waals surface area contributed by atoms with E-state index in [0.29, 0.717) is 5.82 Å². The number of ether oxygens (including phenoxy) is 1. The summed E-state index contributed by atoms with van der Waals surface area (Å²) in [6.07, 6.45) is 3.32. The Bertz CT molecular complexity index is 1350. The number of nitrogens with two attached hydrogens (primary N) is 2. The summed E-state index contributed by atoms with van der Waals surface area (Å²) in [5.41, 5.74) is 12.7. The SMILES string of the molecule is CCOC(=O)CN(Cc1ccccc1)C(=O)[C@H](CCC(N)c1ncc[nH]1)NS(=O)(=O)c1cc(Cl)c(N)c(Cl)c1. The van der Waals surface area contributed by atoms with Gasteiger partial charge < -0.3 is 26.1 Å². The van der Waals surface area contributed by atoms with E-state index in [4.69, 9.17) is 39.4 Å². The van der Waals surface area contributed by atoms with Crippen molar-refractivity contribution in [3.8, 4) is 0 Å². The van der Waals surface area contributed by atoms with Gasteiger partial charge in [0.25, 0.3) is 0 Å². The van der Waals surface area contributed by atoms with Crippen LogP contribution in [-0.4, -0.2) is 54.4 Å². The van der Waals surface area contributed by atoms with Crippen LogP contribution in [0.3, 0.4) is 0 Å². The summed E-state index contributed by atoms with van der Waals surface area (Å²) in [6, 6.07) is 9.35. The number of nitrogen functional groups attached to an aromatic ring is 1. The number of nitrogens with zero attached hydrogens (tertiary/aromatic N) is 2. The zero-order valence-electron chi connectivity index (χ0n) is 21.1. The van der Waals surface area contributed by atoms with Crippen LogP contribution in [0.1, 0.15) is 37.2 Å². The number of anilines is 1. The Morgan fingerprint density at radius 2 is 1.82 bits per heavy atom. The molecule has 14 heteroatoms. The van der Waals surface area contributed by atoms with Crippen LogP contribution in [0.15, 0.2) is 59.8 Å². The molecule has 11 nitrogen and oxygen atoms in total. The van der Waals surface area contributed by atoms with Crippen LogP contribution in [-0.2, 0) is 30.9 Å². The van der Waals surface area contributed by atoms with Gasteiger partial charge in [-0.05, 0) is 37.5 Å². The predicted octanol–water partition coefficient (Wildman–Crippen LogP) is 3.02. The van der Waals surface area contributed by atoms with Crippen LogP contribution in [0.5, 0.6) is 0 Å². The first kappa shape index (κ1) is 30.4. The number of benzene rings is 2. The van der Waals surface area contributed by atoms with Crippen molar-refractivity contribution in [2.75, 3.05) is 18.9 Å². The number of carbonyl (C=O) groups excluding carboxylic acids is 2. The molecule has 0 aliphatic heterocycles. The highest BCUT2D eigenvalue weighted by molar-refractivity contribution is 7.89. The van der Waals surface area contributed by atoms with Crippen molar-refractivity contribution in [2.45, 2.75) is 43.3 Å². The minimum Gasteiger partial charge on any atom is -0.465 e. The van der Waals surface area contributed by atoms with Crippen LogP contribution >= 0.6 is 23.2 Å². The highest BCUT2D eigenvalue weighted by Crippen LogP contribution is 2.31. The molecule has 3 rings (SSSR count). The molecule has 0 bridgehead atoms. The second-order valence-corrected chi connectivity index (χ2v) is 11.1. The first-order valence-electron chi connectivity index (χ1n) is 12.0. The first-order valence-corrected chi connectivity index (χ1v) is 14.3.